The Kier molecular flexibility index (Phi) is 14.1. The number of ether oxygens (including phenoxy) is 2. The molecule has 4 aromatic heterocycles. The topological polar surface area (TPSA) is 167 Å². The van der Waals surface area contributed by atoms with Gasteiger partial charge in [0.05, 0.1) is 37.4 Å². The second-order valence-corrected chi connectivity index (χ2v) is 16.8. The van der Waals surface area contributed by atoms with Crippen LogP contribution in [0.4, 0.5) is 16.4 Å². The van der Waals surface area contributed by atoms with Gasteiger partial charge in [0.25, 0.3) is 0 Å². The van der Waals surface area contributed by atoms with Crippen molar-refractivity contribution >= 4 is 63.3 Å². The predicted octanol–water partition coefficient (Wildman–Crippen LogP) is 10.4. The van der Waals surface area contributed by atoms with Crippen LogP contribution in [0.2, 0.25) is 10.6 Å². The third-order valence-corrected chi connectivity index (χ3v) is 12.2. The molecule has 16 heteroatoms. The van der Waals surface area contributed by atoms with E-state index in [0.29, 0.717) is 59.9 Å². The van der Waals surface area contributed by atoms with Crippen LogP contribution in [-0.2, 0) is 9.47 Å². The second kappa shape index (κ2) is 21.0. The number of hydrogen-bond donors (Lipinski definition) is 3. The number of imidazole rings is 2. The van der Waals surface area contributed by atoms with E-state index in [0.717, 1.165) is 0 Å². The van der Waals surface area contributed by atoms with E-state index < -0.39 is 12.3 Å². The van der Waals surface area contributed by atoms with Crippen molar-refractivity contribution in [3.63, 3.8) is 0 Å². The Labute approximate surface area is 397 Å². The molecule has 0 radical (unpaired) electrons. The molecular formula is C51H48Cl2N10O4. The number of hydrogen-bond acceptors (Lipinski definition) is 12. The zero-order chi connectivity index (χ0) is 46.1. The Morgan fingerprint density at radius 2 is 1.04 bits per heavy atom. The number of nitrogens with zero attached hydrogens (tertiary/aromatic N) is 8. The average Bonchev–Trinajstić information content (AvgIpc) is 4.18. The highest BCUT2D eigenvalue weighted by Gasteiger charge is 2.27. The fourth-order valence-electron chi connectivity index (χ4n) is 8.59. The highest BCUT2D eigenvalue weighted by Crippen LogP contribution is 2.33. The van der Waals surface area contributed by atoms with E-state index in [-0.39, 0.29) is 47.2 Å². The molecule has 0 amide bonds. The van der Waals surface area contributed by atoms with Gasteiger partial charge < -0.3 is 34.3 Å². The smallest absolute Gasteiger partial charge is 0.435 e. The summed E-state index contributed by atoms with van der Waals surface area (Å²) in [7, 11) is 0. The number of carbonyl (C=O) groups excluding carboxylic acids is 1. The molecule has 10 rings (SSSR count). The summed E-state index contributed by atoms with van der Waals surface area (Å²) in [5.41, 5.74) is 7.38. The van der Waals surface area contributed by atoms with Crippen LogP contribution < -0.4 is 10.6 Å². The normalized spacial score (nSPS) is 17.5. The lowest BCUT2D eigenvalue weighted by Crippen LogP contribution is -2.17. The van der Waals surface area contributed by atoms with Gasteiger partial charge in [0.1, 0.15) is 6.10 Å². The van der Waals surface area contributed by atoms with Crippen LogP contribution in [0.3, 0.4) is 0 Å². The van der Waals surface area contributed by atoms with E-state index >= 15 is 0 Å². The molecule has 0 saturated carbocycles. The van der Waals surface area contributed by atoms with Crippen LogP contribution in [0.1, 0.15) is 65.9 Å². The third kappa shape index (κ3) is 10.6. The molecule has 340 valence electrons. The Morgan fingerprint density at radius 3 is 1.45 bits per heavy atom. The van der Waals surface area contributed by atoms with Crippen molar-refractivity contribution in [2.45, 2.75) is 55.9 Å². The van der Waals surface area contributed by atoms with Crippen molar-refractivity contribution in [1.29, 1.82) is 0 Å². The maximum absolute atomic E-state index is 11.7. The maximum Gasteiger partial charge on any atom is 0.508 e. The summed E-state index contributed by atoms with van der Waals surface area (Å²) in [5, 5.41) is 17.1. The number of benzene rings is 4. The molecule has 4 aromatic carbocycles. The van der Waals surface area contributed by atoms with Crippen molar-refractivity contribution in [3.8, 4) is 0 Å². The first-order valence-electron chi connectivity index (χ1n) is 22.2. The lowest BCUT2D eigenvalue weighted by Gasteiger charge is -2.19. The number of anilines is 2. The van der Waals surface area contributed by atoms with Crippen LogP contribution >= 0.6 is 23.2 Å². The number of carbonyl (C=O) groups is 1. The number of aliphatic hydroxyl groups excluding tert-OH is 1. The summed E-state index contributed by atoms with van der Waals surface area (Å²) in [4.78, 5) is 38.5. The highest BCUT2D eigenvalue weighted by atomic mass is 35.5. The summed E-state index contributed by atoms with van der Waals surface area (Å²) in [6, 6.07) is 41.4. The van der Waals surface area contributed by atoms with E-state index in [4.69, 9.17) is 32.7 Å². The summed E-state index contributed by atoms with van der Waals surface area (Å²) < 4.78 is 14.1. The summed E-state index contributed by atoms with van der Waals surface area (Å²) in [6.07, 6.45) is 10.7. The van der Waals surface area contributed by atoms with Crippen molar-refractivity contribution in [3.05, 3.63) is 191 Å². The number of rotatable bonds is 14. The zero-order valence-electron chi connectivity index (χ0n) is 36.5. The van der Waals surface area contributed by atoms with Crippen LogP contribution in [0, 0.1) is 0 Å². The fourth-order valence-corrected chi connectivity index (χ4v) is 8.92. The summed E-state index contributed by atoms with van der Waals surface area (Å²) in [5.74, 6) is 1.42. The molecule has 0 fully saturated rings. The van der Waals surface area contributed by atoms with E-state index in [9.17, 15) is 9.90 Å². The van der Waals surface area contributed by atoms with E-state index in [1.807, 2.05) is 75.9 Å². The summed E-state index contributed by atoms with van der Waals surface area (Å²) >= 11 is 12.6. The molecule has 0 unspecified atom stereocenters. The van der Waals surface area contributed by atoms with Gasteiger partial charge in [-0.2, -0.15) is 19.9 Å². The quantitative estimate of drug-likeness (QED) is 0.0537. The van der Waals surface area contributed by atoms with Crippen molar-refractivity contribution in [1.82, 2.24) is 39.0 Å². The Morgan fingerprint density at radius 1 is 0.627 bits per heavy atom. The number of nitrogens with one attached hydrogen (secondary N) is 2. The van der Waals surface area contributed by atoms with Gasteiger partial charge in [-0.3, -0.25) is 0 Å². The van der Waals surface area contributed by atoms with Crippen LogP contribution in [0.5, 0.6) is 0 Å². The maximum atomic E-state index is 11.7. The number of fused-ring (bicyclic) bond motifs is 2. The fraction of sp³-hybridized carbons (Fsp3) is 0.235. The van der Waals surface area contributed by atoms with Gasteiger partial charge in [0, 0.05) is 37.8 Å². The summed E-state index contributed by atoms with van der Waals surface area (Å²) in [6.45, 7) is 3.24. The number of allylic oxidation sites excluding steroid dienone is 2. The standard InChI is InChI=1S/C27H26ClN5O3.C24H22ClN5O/c1-2-35-27(34)36-21-14-13-20(15-21)33-17-30-23-24(31-26(28)32-25(23)33)29-16-22(18-9-5-3-6-10-18)19-11-7-4-8-12-19;25-24-28-22(21-23(29-24)30(15-27-21)18-11-12-19(31)13-18)26-14-20(16-7-3-1-4-8-16)17-9-5-2-6-10-17/h3-14,17,20-22H,2,15-16H2,1H3,(H,29,31,32);1-12,15,18-20,31H,13-14H2,(H,26,28,29)/t20-,21+;18-,19+/m00/s1. The van der Waals surface area contributed by atoms with Crippen LogP contribution in [0.15, 0.2) is 158 Å². The van der Waals surface area contributed by atoms with Gasteiger partial charge in [-0.1, -0.05) is 140 Å². The molecule has 67 heavy (non-hydrogen) atoms. The van der Waals surface area contributed by atoms with Crippen LogP contribution in [0.25, 0.3) is 22.3 Å². The lowest BCUT2D eigenvalue weighted by atomic mass is 9.91. The SMILES string of the molecule is CCOC(=O)O[C@@H]1C=C[C@H](n2cnc3c(NCC(c4ccccc4)c4ccccc4)nc(Cl)nc32)C1.O[C@@H]1C=C[C@H](n2cnc3c(NCC(c4ccccc4)c4ccccc4)nc(Cl)nc32)C1. The third-order valence-electron chi connectivity index (χ3n) is 11.8. The molecule has 3 N–H and O–H groups in total. The molecule has 0 saturated heterocycles. The Bertz CT molecular complexity index is 2890. The number of aliphatic hydroxyl groups is 1. The first-order valence-corrected chi connectivity index (χ1v) is 22.9. The van der Waals surface area contributed by atoms with Gasteiger partial charge in [0.15, 0.2) is 34.0 Å². The first kappa shape index (κ1) is 45.0. The van der Waals surface area contributed by atoms with Crippen molar-refractivity contribution in [2.24, 2.45) is 0 Å². The van der Waals surface area contributed by atoms with Gasteiger partial charge >= 0.3 is 6.16 Å². The Hall–Kier alpha value is -7.13. The van der Waals surface area contributed by atoms with Gasteiger partial charge in [-0.25, -0.2) is 14.8 Å². The molecule has 0 bridgehead atoms. The highest BCUT2D eigenvalue weighted by molar-refractivity contribution is 6.29. The predicted molar refractivity (Wildman–Crippen MR) is 261 cm³/mol. The minimum absolute atomic E-state index is 0.000188. The van der Waals surface area contributed by atoms with Crippen molar-refractivity contribution in [2.75, 3.05) is 30.3 Å². The number of halogens is 2. The minimum atomic E-state index is -0.675. The number of aromatic nitrogens is 8. The molecule has 2 aliphatic carbocycles. The molecular weight excluding hydrogens is 888 g/mol. The minimum Gasteiger partial charge on any atom is -0.435 e. The molecule has 4 atom stereocenters. The van der Waals surface area contributed by atoms with E-state index in [2.05, 4.69) is 113 Å². The van der Waals surface area contributed by atoms with Gasteiger partial charge in [0.2, 0.25) is 10.6 Å². The lowest BCUT2D eigenvalue weighted by molar-refractivity contribution is 0.0387. The zero-order valence-corrected chi connectivity index (χ0v) is 38.0. The second-order valence-electron chi connectivity index (χ2n) is 16.1. The van der Waals surface area contributed by atoms with Crippen LogP contribution in [-0.4, -0.2) is 82.2 Å². The molecule has 2 aliphatic rings. The van der Waals surface area contributed by atoms with E-state index in [1.165, 1.54) is 22.3 Å². The average molecular weight is 936 g/mol. The van der Waals surface area contributed by atoms with Gasteiger partial charge in [-0.15, -0.1) is 0 Å². The van der Waals surface area contributed by atoms with Crippen molar-refractivity contribution < 1.29 is 19.4 Å². The van der Waals surface area contributed by atoms with Gasteiger partial charge in [-0.05, 0) is 58.5 Å². The Balaban J connectivity index is 0.000000170. The first-order chi connectivity index (χ1) is 32.8. The molecule has 8 aromatic rings. The molecule has 0 aliphatic heterocycles. The molecule has 0 spiro atoms. The largest absolute Gasteiger partial charge is 0.508 e. The van der Waals surface area contributed by atoms with E-state index in [1.54, 1.807) is 25.7 Å². The molecule has 14 nitrogen and oxygen atoms in total. The monoisotopic (exact) mass is 934 g/mol. The molecule has 4 heterocycles.